The summed E-state index contributed by atoms with van der Waals surface area (Å²) < 4.78 is 70.9. The molecular formula is C21H14F5N3O. The molecule has 0 aliphatic heterocycles. The summed E-state index contributed by atoms with van der Waals surface area (Å²) in [7, 11) is 1.48. The van der Waals surface area contributed by atoms with E-state index in [1.807, 2.05) is 0 Å². The molecule has 0 atom stereocenters. The molecule has 2 aromatic heterocycles. The Balaban J connectivity index is 2.11. The Morgan fingerprint density at radius 1 is 0.967 bits per heavy atom. The summed E-state index contributed by atoms with van der Waals surface area (Å²) in [6.45, 7) is 1.49. The molecule has 4 nitrogen and oxygen atoms in total. The van der Waals surface area contributed by atoms with Gasteiger partial charge in [-0.25, -0.2) is 8.78 Å². The summed E-state index contributed by atoms with van der Waals surface area (Å²) in [5.74, 6) is -1.69. The van der Waals surface area contributed by atoms with Crippen LogP contribution >= 0.6 is 0 Å². The lowest BCUT2D eigenvalue weighted by atomic mass is 9.99. The molecule has 0 spiro atoms. The minimum Gasteiger partial charge on any atom is -0.328 e. The maximum Gasteiger partial charge on any atom is 0.417 e. The molecule has 4 rings (SSSR count). The van der Waals surface area contributed by atoms with Crippen LogP contribution in [0.5, 0.6) is 0 Å². The van der Waals surface area contributed by atoms with Crippen LogP contribution in [0.3, 0.4) is 0 Å². The van der Waals surface area contributed by atoms with Crippen LogP contribution in [0.25, 0.3) is 28.0 Å². The van der Waals surface area contributed by atoms with E-state index in [1.165, 1.54) is 42.8 Å². The molecule has 0 radical (unpaired) electrons. The highest BCUT2D eigenvalue weighted by molar-refractivity contribution is 5.84. The van der Waals surface area contributed by atoms with E-state index in [2.05, 4.69) is 5.10 Å². The second kappa shape index (κ2) is 6.79. The Morgan fingerprint density at radius 2 is 1.67 bits per heavy atom. The van der Waals surface area contributed by atoms with Crippen molar-refractivity contribution < 1.29 is 22.0 Å². The van der Waals surface area contributed by atoms with Gasteiger partial charge >= 0.3 is 6.18 Å². The van der Waals surface area contributed by atoms with Gasteiger partial charge in [-0.3, -0.25) is 4.79 Å². The molecule has 0 bridgehead atoms. The number of fused-ring (bicyclic) bond motifs is 1. The zero-order valence-electron chi connectivity index (χ0n) is 15.8. The molecule has 0 saturated carbocycles. The van der Waals surface area contributed by atoms with E-state index in [1.54, 1.807) is 0 Å². The summed E-state index contributed by atoms with van der Waals surface area (Å²) in [5.41, 5.74) is -1.29. The maximum atomic E-state index is 14.4. The van der Waals surface area contributed by atoms with Gasteiger partial charge in [0.2, 0.25) is 0 Å². The van der Waals surface area contributed by atoms with Crippen molar-refractivity contribution in [1.82, 2.24) is 14.2 Å². The van der Waals surface area contributed by atoms with E-state index in [9.17, 15) is 26.7 Å². The molecule has 9 heteroatoms. The number of aryl methyl sites for hydroxylation is 2. The van der Waals surface area contributed by atoms with Crippen molar-refractivity contribution in [3.05, 3.63) is 81.8 Å². The van der Waals surface area contributed by atoms with Gasteiger partial charge in [0.1, 0.15) is 17.3 Å². The zero-order valence-corrected chi connectivity index (χ0v) is 15.8. The summed E-state index contributed by atoms with van der Waals surface area (Å²) in [6.07, 6.45) is -4.63. The molecule has 30 heavy (non-hydrogen) atoms. The van der Waals surface area contributed by atoms with Crippen LogP contribution in [-0.4, -0.2) is 14.2 Å². The lowest BCUT2D eigenvalue weighted by Gasteiger charge is -2.15. The highest BCUT2D eigenvalue weighted by atomic mass is 19.4. The fraction of sp³-hybridized carbons (Fsp3) is 0.143. The monoisotopic (exact) mass is 419 g/mol. The Hall–Kier alpha value is -3.49. The van der Waals surface area contributed by atoms with Gasteiger partial charge in [-0.1, -0.05) is 18.2 Å². The minimum absolute atomic E-state index is 0.0626. The van der Waals surface area contributed by atoms with E-state index < -0.39 is 28.9 Å². The Kier molecular flexibility index (Phi) is 4.48. The van der Waals surface area contributed by atoms with E-state index in [-0.39, 0.29) is 33.7 Å². The number of hydrogen-bond donors (Lipinski definition) is 0. The predicted molar refractivity (Wildman–Crippen MR) is 101 cm³/mol. The van der Waals surface area contributed by atoms with Gasteiger partial charge < -0.3 is 4.57 Å². The number of nitrogens with zero attached hydrogens (tertiary/aromatic N) is 3. The van der Waals surface area contributed by atoms with Crippen molar-refractivity contribution in [1.29, 1.82) is 0 Å². The Labute approximate surface area is 166 Å². The molecule has 2 aromatic carbocycles. The lowest BCUT2D eigenvalue weighted by Crippen LogP contribution is -2.18. The molecule has 0 N–H and O–H groups in total. The van der Waals surface area contributed by atoms with Gasteiger partial charge in [0.15, 0.2) is 0 Å². The lowest BCUT2D eigenvalue weighted by molar-refractivity contribution is -0.137. The molecule has 0 unspecified atom stereocenters. The summed E-state index contributed by atoms with van der Waals surface area (Å²) >= 11 is 0. The average Bonchev–Trinajstić information content (AvgIpc) is 3.02. The van der Waals surface area contributed by atoms with Gasteiger partial charge in [-0.2, -0.15) is 22.8 Å². The molecule has 0 aliphatic rings. The van der Waals surface area contributed by atoms with Crippen molar-refractivity contribution in [2.45, 2.75) is 13.1 Å². The molecule has 154 valence electrons. The van der Waals surface area contributed by atoms with Gasteiger partial charge in [-0.15, -0.1) is 0 Å². The van der Waals surface area contributed by atoms with Crippen molar-refractivity contribution in [3.63, 3.8) is 0 Å². The zero-order chi connectivity index (χ0) is 21.8. The number of rotatable bonds is 2. The van der Waals surface area contributed by atoms with Crippen LogP contribution in [0.15, 0.2) is 53.3 Å². The first-order chi connectivity index (χ1) is 14.1. The van der Waals surface area contributed by atoms with Crippen molar-refractivity contribution in [2.24, 2.45) is 7.05 Å². The van der Waals surface area contributed by atoms with Gasteiger partial charge in [-0.05, 0) is 30.7 Å². The molecule has 0 amide bonds. The van der Waals surface area contributed by atoms with Gasteiger partial charge in [0, 0.05) is 30.3 Å². The van der Waals surface area contributed by atoms with Crippen LogP contribution < -0.4 is 5.56 Å². The molecule has 2 heterocycles. The first-order valence-corrected chi connectivity index (χ1v) is 8.81. The number of hydrogen-bond acceptors (Lipinski definition) is 2. The first kappa shape index (κ1) is 19.8. The third kappa shape index (κ3) is 3.06. The largest absolute Gasteiger partial charge is 0.417 e. The smallest absolute Gasteiger partial charge is 0.328 e. The number of aromatic nitrogens is 3. The standard InChI is InChI=1S/C21H14F5N3O/c1-11-19(13-5-3-4-6-15(13)21(24,25)26)20-28(2)17(10-18(30)29(20)27-11)14-8-7-12(22)9-16(14)23/h3-10H,1-2H3. The van der Waals surface area contributed by atoms with Gasteiger partial charge in [0.25, 0.3) is 5.56 Å². The first-order valence-electron chi connectivity index (χ1n) is 8.81. The molecule has 0 saturated heterocycles. The third-order valence-corrected chi connectivity index (χ3v) is 4.89. The topological polar surface area (TPSA) is 39.3 Å². The maximum absolute atomic E-state index is 14.4. The van der Waals surface area contributed by atoms with Crippen LogP contribution in [0.1, 0.15) is 11.3 Å². The summed E-state index contributed by atoms with van der Waals surface area (Å²) in [4.78, 5) is 12.7. The Morgan fingerprint density at radius 3 is 2.33 bits per heavy atom. The number of alkyl halides is 3. The number of benzene rings is 2. The quantitative estimate of drug-likeness (QED) is 0.431. The van der Waals surface area contributed by atoms with E-state index in [0.717, 1.165) is 22.7 Å². The van der Waals surface area contributed by atoms with Crippen molar-refractivity contribution in [2.75, 3.05) is 0 Å². The van der Waals surface area contributed by atoms with E-state index in [4.69, 9.17) is 0 Å². The average molecular weight is 419 g/mol. The summed E-state index contributed by atoms with van der Waals surface area (Å²) in [6, 6.07) is 8.95. The Bertz CT molecular complexity index is 1350. The van der Waals surface area contributed by atoms with Crippen LogP contribution in [0.2, 0.25) is 0 Å². The highest BCUT2D eigenvalue weighted by Crippen LogP contribution is 2.39. The number of halogens is 5. The van der Waals surface area contributed by atoms with Crippen LogP contribution in [0, 0.1) is 18.6 Å². The van der Waals surface area contributed by atoms with Crippen LogP contribution in [-0.2, 0) is 13.2 Å². The molecule has 0 aliphatic carbocycles. The van der Waals surface area contributed by atoms with Gasteiger partial charge in [0.05, 0.1) is 17.0 Å². The minimum atomic E-state index is -4.63. The second-order valence-corrected chi connectivity index (χ2v) is 6.79. The van der Waals surface area contributed by atoms with Crippen LogP contribution in [0.4, 0.5) is 22.0 Å². The molecule has 4 aromatic rings. The predicted octanol–water partition coefficient (Wildman–Crippen LogP) is 4.97. The van der Waals surface area contributed by atoms with E-state index >= 15 is 0 Å². The fourth-order valence-electron chi connectivity index (χ4n) is 3.59. The SMILES string of the molecule is Cc1nn2c(=O)cc(-c3ccc(F)cc3F)n(C)c2c1-c1ccccc1C(F)(F)F. The molecule has 0 fully saturated rings. The summed E-state index contributed by atoms with van der Waals surface area (Å²) in [5, 5.41) is 4.11. The third-order valence-electron chi connectivity index (χ3n) is 4.89. The van der Waals surface area contributed by atoms with Crippen molar-refractivity contribution >= 4 is 5.65 Å². The molecular weight excluding hydrogens is 405 g/mol. The fourth-order valence-corrected chi connectivity index (χ4v) is 3.59. The van der Waals surface area contributed by atoms with Crippen molar-refractivity contribution in [3.8, 4) is 22.4 Å². The van der Waals surface area contributed by atoms with E-state index in [0.29, 0.717) is 6.07 Å². The highest BCUT2D eigenvalue weighted by Gasteiger charge is 2.35. The normalized spacial score (nSPS) is 12.0. The second-order valence-electron chi connectivity index (χ2n) is 6.79.